The molecule has 13 nitrogen and oxygen atoms in total. The summed E-state index contributed by atoms with van der Waals surface area (Å²) in [6.45, 7) is 2.32. The molecule has 45 heavy (non-hydrogen) atoms. The van der Waals surface area contributed by atoms with E-state index in [0.717, 1.165) is 28.8 Å². The molecule has 0 atom stereocenters. The van der Waals surface area contributed by atoms with Crippen molar-refractivity contribution in [2.24, 2.45) is 5.18 Å². The van der Waals surface area contributed by atoms with Crippen molar-refractivity contribution in [2.45, 2.75) is 18.4 Å². The number of imidazole rings is 1. The maximum absolute atomic E-state index is 13.3. The molecule has 0 aliphatic heterocycles. The van der Waals surface area contributed by atoms with E-state index < -0.39 is 21.8 Å². The molecule has 226 valence electrons. The summed E-state index contributed by atoms with van der Waals surface area (Å²) >= 11 is 0. The first kappa shape index (κ1) is 29.2. The lowest BCUT2D eigenvalue weighted by atomic mass is 9.98. The zero-order chi connectivity index (χ0) is 31.6. The molecule has 0 unspecified atom stereocenters. The normalized spacial score (nSPS) is 11.4. The molecular formula is C31H23N5O8S. The van der Waals surface area contributed by atoms with Crippen LogP contribution >= 0.6 is 0 Å². The molecule has 1 N–H and O–H groups in total. The number of aromatic nitrogens is 4. The van der Waals surface area contributed by atoms with Crippen molar-refractivity contribution in [3.63, 3.8) is 0 Å². The first-order valence-electron chi connectivity index (χ1n) is 13.6. The number of aromatic amines is 1. The molecule has 0 radical (unpaired) electrons. The summed E-state index contributed by atoms with van der Waals surface area (Å²) in [5, 5.41) is 6.55. The van der Waals surface area contributed by atoms with Gasteiger partial charge in [-0.15, -0.1) is 4.91 Å². The molecule has 0 aliphatic rings. The smallest absolute Gasteiger partial charge is 0.439 e. The Bertz CT molecular complexity index is 2200. The molecule has 2 aromatic heterocycles. The summed E-state index contributed by atoms with van der Waals surface area (Å²) < 4.78 is 42.9. The standard InChI is InChI=1S/C31H23N5O8S/c1-2-42-30-32-26-9-5-8-25(29(37)44-45(40,41)22-16-14-21(34-39)15-17-22)27(26)36(30)18-19-10-12-20(13-11-19)23-6-3-4-7-24(23)28-33-31(38)43-35-28/h3-17H,2,18H2,1H3,(H,33,35,38). The molecule has 0 amide bonds. The maximum Gasteiger partial charge on any atom is 0.439 e. The van der Waals surface area contributed by atoms with Crippen LogP contribution in [0.25, 0.3) is 33.5 Å². The van der Waals surface area contributed by atoms with Crippen LogP contribution in [0.4, 0.5) is 5.69 Å². The van der Waals surface area contributed by atoms with Gasteiger partial charge in [-0.05, 0) is 65.2 Å². The summed E-state index contributed by atoms with van der Waals surface area (Å²) in [5.74, 6) is -1.46. The monoisotopic (exact) mass is 625 g/mol. The summed E-state index contributed by atoms with van der Waals surface area (Å²) in [7, 11) is -4.51. The lowest BCUT2D eigenvalue weighted by Crippen LogP contribution is -2.15. The number of carbonyl (C=O) groups is 1. The van der Waals surface area contributed by atoms with Crippen LogP contribution in [0.3, 0.4) is 0 Å². The van der Waals surface area contributed by atoms with Crippen molar-refractivity contribution < 1.29 is 26.7 Å². The topological polar surface area (TPSA) is 176 Å². The lowest BCUT2D eigenvalue weighted by Gasteiger charge is -2.13. The van der Waals surface area contributed by atoms with Gasteiger partial charge in [-0.1, -0.05) is 59.8 Å². The molecule has 0 saturated heterocycles. The molecule has 0 saturated carbocycles. The number of benzene rings is 4. The Kier molecular flexibility index (Phi) is 7.79. The highest BCUT2D eigenvalue weighted by molar-refractivity contribution is 7.87. The second-order valence-corrected chi connectivity index (χ2v) is 11.2. The van der Waals surface area contributed by atoms with Crippen LogP contribution in [-0.2, 0) is 20.8 Å². The summed E-state index contributed by atoms with van der Waals surface area (Å²) in [6, 6.07) is 24.6. The Hall–Kier alpha value is -5.89. The van der Waals surface area contributed by atoms with Gasteiger partial charge in [-0.2, -0.15) is 13.4 Å². The van der Waals surface area contributed by atoms with Gasteiger partial charge in [-0.3, -0.25) is 14.1 Å². The van der Waals surface area contributed by atoms with Crippen molar-refractivity contribution >= 4 is 32.8 Å². The molecule has 4 aromatic carbocycles. The number of ether oxygens (including phenoxy) is 1. The van der Waals surface area contributed by atoms with Crippen LogP contribution < -0.4 is 10.5 Å². The molecular weight excluding hydrogens is 602 g/mol. The Balaban J connectivity index is 1.33. The molecule has 6 rings (SSSR count). The lowest BCUT2D eigenvalue weighted by molar-refractivity contribution is 0.0748. The number of fused-ring (bicyclic) bond motifs is 1. The summed E-state index contributed by atoms with van der Waals surface area (Å²) in [5.41, 5.74) is 3.90. The maximum atomic E-state index is 13.3. The zero-order valence-electron chi connectivity index (χ0n) is 23.5. The quantitative estimate of drug-likeness (QED) is 0.152. The SMILES string of the molecule is CCOc1nc2cccc(C(=O)OS(=O)(=O)c3ccc(N=O)cc3)c2n1Cc1ccc(-c2ccccc2-c2noc(=O)[nH]2)cc1. The van der Waals surface area contributed by atoms with Crippen molar-refractivity contribution in [1.29, 1.82) is 0 Å². The molecule has 2 heterocycles. The first-order chi connectivity index (χ1) is 21.8. The number of nitroso groups, excluding NO2 is 1. The molecule has 0 fully saturated rings. The van der Waals surface area contributed by atoms with E-state index in [1.165, 1.54) is 18.2 Å². The van der Waals surface area contributed by atoms with Gasteiger partial charge in [0.15, 0.2) is 5.82 Å². The van der Waals surface area contributed by atoms with Crippen molar-refractivity contribution in [1.82, 2.24) is 19.7 Å². The van der Waals surface area contributed by atoms with Crippen LogP contribution in [0.2, 0.25) is 0 Å². The third kappa shape index (κ3) is 5.86. The highest BCUT2D eigenvalue weighted by Gasteiger charge is 2.26. The third-order valence-corrected chi connectivity index (χ3v) is 8.09. The highest BCUT2D eigenvalue weighted by Crippen LogP contribution is 2.31. The number of carbonyl (C=O) groups excluding carboxylic acids is 1. The van der Waals surface area contributed by atoms with Crippen molar-refractivity contribution in [2.75, 3.05) is 6.61 Å². The van der Waals surface area contributed by atoms with E-state index in [2.05, 4.69) is 24.8 Å². The van der Waals surface area contributed by atoms with Gasteiger partial charge in [-0.25, -0.2) is 9.59 Å². The van der Waals surface area contributed by atoms with E-state index in [4.69, 9.17) is 8.92 Å². The second-order valence-electron chi connectivity index (χ2n) is 9.68. The van der Waals surface area contributed by atoms with Crippen LogP contribution in [0, 0.1) is 4.91 Å². The summed E-state index contributed by atoms with van der Waals surface area (Å²) in [6.07, 6.45) is 0. The fourth-order valence-electron chi connectivity index (χ4n) is 4.84. The minimum Gasteiger partial charge on any atom is -0.465 e. The minimum absolute atomic E-state index is 0.0287. The second kappa shape index (κ2) is 12.0. The largest absolute Gasteiger partial charge is 0.465 e. The van der Waals surface area contributed by atoms with Gasteiger partial charge >= 0.3 is 21.8 Å². The van der Waals surface area contributed by atoms with Gasteiger partial charge in [0.25, 0.3) is 6.01 Å². The average Bonchev–Trinajstić information content (AvgIpc) is 3.64. The molecule has 14 heteroatoms. The van der Waals surface area contributed by atoms with E-state index in [9.17, 15) is 22.9 Å². The van der Waals surface area contributed by atoms with Crippen LogP contribution in [0.5, 0.6) is 6.01 Å². The van der Waals surface area contributed by atoms with Gasteiger partial charge < -0.3 is 8.92 Å². The van der Waals surface area contributed by atoms with Crippen LogP contribution in [-0.4, -0.2) is 40.7 Å². The third-order valence-electron chi connectivity index (χ3n) is 6.87. The average molecular weight is 626 g/mol. The van der Waals surface area contributed by atoms with E-state index in [0.29, 0.717) is 29.0 Å². The number of H-pyrrole nitrogens is 1. The number of hydrogen-bond donors (Lipinski definition) is 1. The molecule has 6 aromatic rings. The first-order valence-corrected chi connectivity index (χ1v) is 15.0. The van der Waals surface area contributed by atoms with E-state index in [1.807, 2.05) is 48.5 Å². The van der Waals surface area contributed by atoms with Crippen molar-refractivity contribution in [3.8, 4) is 28.5 Å². The number of para-hydroxylation sites is 1. The van der Waals surface area contributed by atoms with E-state index >= 15 is 0 Å². The zero-order valence-corrected chi connectivity index (χ0v) is 24.4. The number of nitrogens with one attached hydrogen (secondary N) is 1. The Labute approximate surface area is 255 Å². The number of nitrogens with zero attached hydrogens (tertiary/aromatic N) is 4. The van der Waals surface area contributed by atoms with Crippen LogP contribution in [0.1, 0.15) is 22.8 Å². The molecule has 0 spiro atoms. The van der Waals surface area contributed by atoms with Gasteiger partial charge in [0.05, 0.1) is 29.7 Å². The Morgan fingerprint density at radius 3 is 2.36 bits per heavy atom. The fourth-order valence-corrected chi connectivity index (χ4v) is 5.70. The predicted molar refractivity (Wildman–Crippen MR) is 162 cm³/mol. The highest BCUT2D eigenvalue weighted by atomic mass is 32.2. The summed E-state index contributed by atoms with van der Waals surface area (Å²) in [4.78, 5) is 42.3. The van der Waals surface area contributed by atoms with E-state index in [-0.39, 0.29) is 28.7 Å². The number of rotatable bonds is 10. The predicted octanol–water partition coefficient (Wildman–Crippen LogP) is 5.44. The molecule has 0 aliphatic carbocycles. The Morgan fingerprint density at radius 1 is 0.956 bits per heavy atom. The number of hydrogen-bond acceptors (Lipinski definition) is 11. The minimum atomic E-state index is -4.51. The van der Waals surface area contributed by atoms with Crippen LogP contribution in [0.15, 0.2) is 110 Å². The van der Waals surface area contributed by atoms with Crippen molar-refractivity contribution in [3.05, 3.63) is 118 Å². The molecule has 0 bridgehead atoms. The Morgan fingerprint density at radius 2 is 1.69 bits per heavy atom. The van der Waals surface area contributed by atoms with Gasteiger partial charge in [0, 0.05) is 5.56 Å². The van der Waals surface area contributed by atoms with E-state index in [1.54, 1.807) is 23.6 Å². The fraction of sp³-hybridized carbons (Fsp3) is 0.0968. The van der Waals surface area contributed by atoms with Gasteiger partial charge in [0.2, 0.25) is 0 Å². The van der Waals surface area contributed by atoms with Gasteiger partial charge in [0.1, 0.15) is 10.6 Å².